The molecule has 336 valence electrons. The first-order valence-corrected chi connectivity index (χ1v) is 24.6. The lowest BCUT2D eigenvalue weighted by Crippen LogP contribution is -2.56. The molecule has 8 aliphatic heterocycles. The molecular weight excluding hydrogens is 701 g/mol. The molecule has 8 saturated heterocycles. The number of nitrogens with zero attached hydrogens (tertiary/aromatic N) is 8. The lowest BCUT2D eigenvalue weighted by molar-refractivity contribution is 0.00297. The molecule has 0 aromatic carbocycles. The van der Waals surface area contributed by atoms with Crippen molar-refractivity contribution in [2.75, 3.05) is 85.1 Å². The highest BCUT2D eigenvalue weighted by atomic mass is 15.4. The van der Waals surface area contributed by atoms with E-state index >= 15 is 0 Å². The third kappa shape index (κ3) is 13.3. The van der Waals surface area contributed by atoms with Gasteiger partial charge < -0.3 is 9.80 Å². The molecule has 0 aliphatic carbocycles. The molecular formula is C49H100N8. The molecule has 4 atom stereocenters. The van der Waals surface area contributed by atoms with Crippen LogP contribution in [0.3, 0.4) is 0 Å². The van der Waals surface area contributed by atoms with Crippen LogP contribution in [0.25, 0.3) is 0 Å². The molecule has 0 amide bonds. The third-order valence-electron chi connectivity index (χ3n) is 15.6. The molecule has 4 bridgehead atoms. The molecule has 8 fully saturated rings. The summed E-state index contributed by atoms with van der Waals surface area (Å²) < 4.78 is 0. The van der Waals surface area contributed by atoms with Gasteiger partial charge >= 0.3 is 0 Å². The summed E-state index contributed by atoms with van der Waals surface area (Å²) in [6, 6.07) is 8.23. The van der Waals surface area contributed by atoms with E-state index in [1.165, 1.54) is 104 Å². The van der Waals surface area contributed by atoms with Crippen molar-refractivity contribution >= 4 is 0 Å². The van der Waals surface area contributed by atoms with E-state index in [0.717, 1.165) is 60.0 Å². The fourth-order valence-electron chi connectivity index (χ4n) is 11.8. The summed E-state index contributed by atoms with van der Waals surface area (Å²) in [5, 5.41) is 0. The van der Waals surface area contributed by atoms with Gasteiger partial charge in [-0.1, -0.05) is 13.8 Å². The van der Waals surface area contributed by atoms with Crippen molar-refractivity contribution in [1.82, 2.24) is 39.2 Å². The average molecular weight is 801 g/mol. The van der Waals surface area contributed by atoms with Crippen LogP contribution in [0.4, 0.5) is 0 Å². The van der Waals surface area contributed by atoms with Gasteiger partial charge in [-0.05, 0) is 166 Å². The van der Waals surface area contributed by atoms with Gasteiger partial charge in [0, 0.05) is 138 Å². The third-order valence-corrected chi connectivity index (χ3v) is 15.6. The van der Waals surface area contributed by atoms with Crippen LogP contribution in [0.2, 0.25) is 0 Å². The lowest BCUT2D eigenvalue weighted by Gasteiger charge is -2.49. The zero-order chi connectivity index (χ0) is 42.5. The highest BCUT2D eigenvalue weighted by Crippen LogP contribution is 2.42. The van der Waals surface area contributed by atoms with Crippen molar-refractivity contribution in [1.29, 1.82) is 0 Å². The van der Waals surface area contributed by atoms with Gasteiger partial charge in [-0.15, -0.1) is 0 Å². The number of piperidine rings is 1. The number of hydrogen-bond donors (Lipinski definition) is 0. The number of fused-ring (bicyclic) bond motifs is 7. The van der Waals surface area contributed by atoms with Crippen LogP contribution in [0.15, 0.2) is 0 Å². The molecule has 8 aliphatic rings. The van der Waals surface area contributed by atoms with Crippen molar-refractivity contribution in [2.45, 2.75) is 210 Å². The molecule has 0 aromatic heterocycles. The highest BCUT2D eigenvalue weighted by Gasteiger charge is 2.47. The summed E-state index contributed by atoms with van der Waals surface area (Å²) in [5.41, 5.74) is 0.483. The average Bonchev–Trinajstić information content (AvgIpc) is 3.82. The largest absolute Gasteiger partial charge is 0.300 e. The Morgan fingerprint density at radius 2 is 0.737 bits per heavy atom. The van der Waals surface area contributed by atoms with Gasteiger partial charge in [-0.3, -0.25) is 29.4 Å². The molecule has 8 heterocycles. The smallest absolute Gasteiger partial charge is 0.0277 e. The number of rotatable bonds is 8. The maximum absolute atomic E-state index is 2.76. The van der Waals surface area contributed by atoms with Gasteiger partial charge in [0.1, 0.15) is 0 Å². The minimum absolute atomic E-state index is 0.483. The first-order valence-electron chi connectivity index (χ1n) is 24.6. The quantitative estimate of drug-likeness (QED) is 0.245. The van der Waals surface area contributed by atoms with Gasteiger partial charge in [0.25, 0.3) is 0 Å². The molecule has 0 radical (unpaired) electrons. The Bertz CT molecular complexity index is 1080. The second kappa shape index (κ2) is 21.7. The van der Waals surface area contributed by atoms with Gasteiger partial charge in [0.2, 0.25) is 0 Å². The standard InChI is InChI=1S/C15H30N2.C12H24N2.C11H22N2.C11H24N2/c1-11(2)16-8-13-7-15(5,6)14(10-16)17(9-13)12(3)4;1-9(2)13-5-11-7-14(10(3)4)8-12(11)6-13;1-8(2)12-6-11-5-10(12)7-13(11)9(3)4;1-10(2)12-6-5-7-13(9-8-12)11(3)4/h11-14H,7-10H2,1-6H3;9-12H,5-8H2,1-4H3;8-11H,5-7H2,1-4H3;10-11H,5-9H2,1-4H3. The summed E-state index contributed by atoms with van der Waals surface area (Å²) >= 11 is 0. The van der Waals surface area contributed by atoms with E-state index in [4.69, 9.17) is 0 Å². The van der Waals surface area contributed by atoms with Gasteiger partial charge in [0.15, 0.2) is 0 Å². The maximum Gasteiger partial charge on any atom is 0.0277 e. The van der Waals surface area contributed by atoms with Crippen LogP contribution >= 0.6 is 0 Å². The highest BCUT2D eigenvalue weighted by molar-refractivity contribution is 5.02. The summed E-state index contributed by atoms with van der Waals surface area (Å²) in [5.74, 6) is 2.79. The van der Waals surface area contributed by atoms with E-state index in [0.29, 0.717) is 29.6 Å². The fraction of sp³-hybridized carbons (Fsp3) is 1.00. The lowest BCUT2D eigenvalue weighted by atomic mass is 9.73. The molecule has 8 nitrogen and oxygen atoms in total. The van der Waals surface area contributed by atoms with Crippen molar-refractivity contribution in [3.05, 3.63) is 0 Å². The predicted octanol–water partition coefficient (Wildman–Crippen LogP) is 7.87. The zero-order valence-corrected chi connectivity index (χ0v) is 41.5. The van der Waals surface area contributed by atoms with Crippen molar-refractivity contribution in [3.63, 3.8) is 0 Å². The molecule has 8 rings (SSSR count). The van der Waals surface area contributed by atoms with Gasteiger partial charge in [-0.25, -0.2) is 0 Å². The summed E-state index contributed by atoms with van der Waals surface area (Å²) in [4.78, 5) is 21.3. The number of likely N-dealkylation sites (tertiary alicyclic amines) is 4. The number of piperazine rings is 1. The first kappa shape index (κ1) is 49.3. The van der Waals surface area contributed by atoms with E-state index in [9.17, 15) is 0 Å². The molecule has 0 aromatic rings. The molecule has 57 heavy (non-hydrogen) atoms. The Kier molecular flexibility index (Phi) is 18.7. The Balaban J connectivity index is 0.000000169. The van der Waals surface area contributed by atoms with Crippen LogP contribution < -0.4 is 0 Å². The molecule has 0 spiro atoms. The second-order valence-electron chi connectivity index (χ2n) is 22.8. The Labute approximate surface area is 356 Å². The Hall–Kier alpha value is -0.320. The van der Waals surface area contributed by atoms with Crippen LogP contribution in [-0.4, -0.2) is 191 Å². The normalized spacial score (nSPS) is 32.1. The van der Waals surface area contributed by atoms with Crippen molar-refractivity contribution < 1.29 is 0 Å². The Morgan fingerprint density at radius 3 is 1.07 bits per heavy atom. The van der Waals surface area contributed by atoms with Crippen LogP contribution in [-0.2, 0) is 0 Å². The van der Waals surface area contributed by atoms with Gasteiger partial charge in [0.05, 0.1) is 0 Å². The van der Waals surface area contributed by atoms with E-state index in [-0.39, 0.29) is 0 Å². The Morgan fingerprint density at radius 1 is 0.368 bits per heavy atom. The number of hydrogen-bond acceptors (Lipinski definition) is 8. The first-order chi connectivity index (χ1) is 26.6. The SMILES string of the molecule is CC(C)N1CC2CC1CN2C(C)C.CC(C)N1CC2CN(C(C)C)C(C1)C(C)(C)C2.CC(C)N1CC2CN(C(C)C)CC2C1.CC(C)N1CCCN(C(C)C)CC1. The molecule has 4 unspecified atom stereocenters. The zero-order valence-electron chi connectivity index (χ0n) is 41.5. The van der Waals surface area contributed by atoms with Crippen LogP contribution in [0.5, 0.6) is 0 Å². The minimum atomic E-state index is 0.483. The summed E-state index contributed by atoms with van der Waals surface area (Å²) in [6.07, 6.45) is 4.15. The minimum Gasteiger partial charge on any atom is -0.300 e. The monoisotopic (exact) mass is 801 g/mol. The predicted molar refractivity (Wildman–Crippen MR) is 249 cm³/mol. The van der Waals surface area contributed by atoms with Crippen LogP contribution in [0, 0.1) is 23.2 Å². The molecule has 8 heteroatoms. The van der Waals surface area contributed by atoms with E-state index in [2.05, 4.69) is 164 Å². The fourth-order valence-corrected chi connectivity index (χ4v) is 11.8. The molecule has 0 saturated carbocycles. The van der Waals surface area contributed by atoms with Crippen molar-refractivity contribution in [3.8, 4) is 0 Å². The maximum atomic E-state index is 2.76. The van der Waals surface area contributed by atoms with Gasteiger partial charge in [-0.2, -0.15) is 0 Å². The van der Waals surface area contributed by atoms with E-state index < -0.39 is 0 Å². The van der Waals surface area contributed by atoms with Crippen molar-refractivity contribution in [2.24, 2.45) is 23.2 Å². The van der Waals surface area contributed by atoms with E-state index in [1.54, 1.807) is 0 Å². The van der Waals surface area contributed by atoms with Crippen LogP contribution in [0.1, 0.15) is 144 Å². The van der Waals surface area contributed by atoms with E-state index in [1.807, 2.05) is 0 Å². The molecule has 0 N–H and O–H groups in total. The summed E-state index contributed by atoms with van der Waals surface area (Å²) in [6.45, 7) is 59.0. The second-order valence-corrected chi connectivity index (χ2v) is 22.8. The topological polar surface area (TPSA) is 25.9 Å². The summed E-state index contributed by atoms with van der Waals surface area (Å²) in [7, 11) is 0.